The molecule has 0 spiro atoms. The van der Waals surface area contributed by atoms with Crippen molar-refractivity contribution in [3.8, 4) is 0 Å². The first-order chi connectivity index (χ1) is 10.0. The van der Waals surface area contributed by atoms with Crippen molar-refractivity contribution >= 4 is 5.97 Å². The van der Waals surface area contributed by atoms with E-state index in [1.807, 2.05) is 0 Å². The number of alkyl halides is 2. The maximum atomic E-state index is 13.2. The van der Waals surface area contributed by atoms with Crippen LogP contribution in [0.4, 0.5) is 8.78 Å². The first kappa shape index (κ1) is 15.0. The zero-order chi connectivity index (χ0) is 15.4. The van der Waals surface area contributed by atoms with Crippen LogP contribution in [0.2, 0.25) is 0 Å². The molecule has 21 heavy (non-hydrogen) atoms. The molecule has 0 saturated carbocycles. The van der Waals surface area contributed by atoms with Gasteiger partial charge in [-0.15, -0.1) is 5.10 Å². The molecule has 2 rings (SSSR count). The van der Waals surface area contributed by atoms with Crippen LogP contribution in [-0.2, 0) is 11.3 Å². The normalized spacial score (nSPS) is 10.9. The van der Waals surface area contributed by atoms with E-state index in [1.54, 1.807) is 32.0 Å². The van der Waals surface area contributed by atoms with Crippen LogP contribution in [-0.4, -0.2) is 32.6 Å². The van der Waals surface area contributed by atoms with E-state index in [1.165, 1.54) is 0 Å². The number of halogens is 2. The van der Waals surface area contributed by atoms with Gasteiger partial charge in [-0.2, -0.15) is 0 Å². The highest BCUT2D eigenvalue weighted by molar-refractivity contribution is 5.88. The zero-order valence-corrected chi connectivity index (χ0v) is 11.6. The molecule has 0 N–H and O–H groups in total. The molecule has 2 aromatic rings. The summed E-state index contributed by atoms with van der Waals surface area (Å²) in [7, 11) is 0. The lowest BCUT2D eigenvalue weighted by molar-refractivity contribution is 0.0506. The van der Waals surface area contributed by atoms with Gasteiger partial charge in [-0.25, -0.2) is 18.3 Å². The monoisotopic (exact) mass is 296 g/mol. The highest BCUT2D eigenvalue weighted by Crippen LogP contribution is 2.22. The number of pyridine rings is 1. The van der Waals surface area contributed by atoms with Crippen LogP contribution in [0.3, 0.4) is 0 Å². The second-order valence-corrected chi connectivity index (χ2v) is 4.27. The van der Waals surface area contributed by atoms with Gasteiger partial charge in [0, 0.05) is 5.69 Å². The summed E-state index contributed by atoms with van der Waals surface area (Å²) in [6.45, 7) is 3.46. The lowest BCUT2D eigenvalue weighted by atomic mass is 10.3. The first-order valence-corrected chi connectivity index (χ1v) is 6.34. The summed E-state index contributed by atoms with van der Waals surface area (Å²) in [5.74, 6) is -0.906. The third-order valence-electron chi connectivity index (χ3n) is 2.71. The number of carbonyl (C=O) groups is 1. The topological polar surface area (TPSA) is 69.9 Å². The van der Waals surface area contributed by atoms with Gasteiger partial charge in [0.25, 0.3) is 6.43 Å². The number of ether oxygens (including phenoxy) is 1. The summed E-state index contributed by atoms with van der Waals surface area (Å²) in [4.78, 5) is 15.8. The molecule has 0 aliphatic rings. The van der Waals surface area contributed by atoms with Crippen molar-refractivity contribution in [2.45, 2.75) is 26.8 Å². The molecule has 0 fully saturated rings. The zero-order valence-electron chi connectivity index (χ0n) is 11.6. The number of nitrogens with zero attached hydrogens (tertiary/aromatic N) is 4. The fraction of sp³-hybridized carbons (Fsp3) is 0.385. The van der Waals surface area contributed by atoms with Crippen LogP contribution in [0.15, 0.2) is 18.2 Å². The van der Waals surface area contributed by atoms with Crippen LogP contribution in [0, 0.1) is 6.92 Å². The fourth-order valence-corrected chi connectivity index (χ4v) is 1.84. The Bertz CT molecular complexity index is 643. The molecule has 0 atom stereocenters. The Kier molecular flexibility index (Phi) is 4.56. The Morgan fingerprint density at radius 2 is 2.19 bits per heavy atom. The van der Waals surface area contributed by atoms with E-state index >= 15 is 0 Å². The molecule has 0 bridgehead atoms. The molecule has 112 valence electrons. The van der Waals surface area contributed by atoms with Crippen molar-refractivity contribution in [3.05, 3.63) is 41.0 Å². The predicted octanol–water partition coefficient (Wildman–Crippen LogP) is 2.14. The van der Waals surface area contributed by atoms with E-state index in [0.29, 0.717) is 5.69 Å². The molecule has 0 aromatic carbocycles. The van der Waals surface area contributed by atoms with Crippen molar-refractivity contribution in [1.82, 2.24) is 20.0 Å². The Balaban J connectivity index is 2.34. The number of aryl methyl sites for hydroxylation is 1. The largest absolute Gasteiger partial charge is 0.461 e. The Morgan fingerprint density at radius 3 is 2.81 bits per heavy atom. The van der Waals surface area contributed by atoms with Gasteiger partial charge in [0.15, 0.2) is 5.69 Å². The van der Waals surface area contributed by atoms with Crippen LogP contribution in [0.1, 0.15) is 40.9 Å². The van der Waals surface area contributed by atoms with Crippen molar-refractivity contribution in [1.29, 1.82) is 0 Å². The average molecular weight is 296 g/mol. The molecule has 0 aliphatic carbocycles. The van der Waals surface area contributed by atoms with E-state index in [4.69, 9.17) is 4.74 Å². The van der Waals surface area contributed by atoms with Gasteiger partial charge in [-0.05, 0) is 26.0 Å². The molecule has 8 heteroatoms. The average Bonchev–Trinajstić information content (AvgIpc) is 2.83. The van der Waals surface area contributed by atoms with Crippen molar-refractivity contribution in [2.75, 3.05) is 6.61 Å². The van der Waals surface area contributed by atoms with Crippen LogP contribution >= 0.6 is 0 Å². The van der Waals surface area contributed by atoms with E-state index in [-0.39, 0.29) is 13.2 Å². The second kappa shape index (κ2) is 6.38. The third kappa shape index (κ3) is 3.39. The minimum absolute atomic E-state index is 0.00770. The van der Waals surface area contributed by atoms with Gasteiger partial charge in [-0.1, -0.05) is 11.3 Å². The molecule has 0 saturated heterocycles. The van der Waals surface area contributed by atoms with E-state index in [9.17, 15) is 13.6 Å². The lowest BCUT2D eigenvalue weighted by Gasteiger charge is -2.07. The van der Waals surface area contributed by atoms with Gasteiger partial charge < -0.3 is 4.74 Å². The van der Waals surface area contributed by atoms with Crippen LogP contribution in [0.25, 0.3) is 0 Å². The maximum Gasteiger partial charge on any atom is 0.361 e. The Labute approximate surface area is 119 Å². The number of carbonyl (C=O) groups excluding carboxylic acids is 1. The number of hydrogen-bond acceptors (Lipinski definition) is 5. The standard InChI is InChI=1S/C13H14F2N4O2/c1-3-21-13(20)10-11(12(14)15)19(18-17-10)7-9-6-4-5-8(2)16-9/h4-6,12H,3,7H2,1-2H3. The maximum absolute atomic E-state index is 13.2. The summed E-state index contributed by atoms with van der Waals surface area (Å²) < 4.78 is 32.0. The van der Waals surface area contributed by atoms with Crippen molar-refractivity contribution in [2.24, 2.45) is 0 Å². The van der Waals surface area contributed by atoms with Gasteiger partial charge in [0.2, 0.25) is 0 Å². The first-order valence-electron chi connectivity index (χ1n) is 6.34. The minimum Gasteiger partial charge on any atom is -0.461 e. The lowest BCUT2D eigenvalue weighted by Crippen LogP contribution is -2.12. The number of aromatic nitrogens is 4. The molecular weight excluding hydrogens is 282 g/mol. The van der Waals surface area contributed by atoms with Crippen molar-refractivity contribution < 1.29 is 18.3 Å². The summed E-state index contributed by atoms with van der Waals surface area (Å²) in [5.41, 5.74) is 0.297. The summed E-state index contributed by atoms with van der Waals surface area (Å²) >= 11 is 0. The molecule has 2 aromatic heterocycles. The SMILES string of the molecule is CCOC(=O)c1nnn(Cc2cccc(C)n2)c1C(F)F. The second-order valence-electron chi connectivity index (χ2n) is 4.27. The summed E-state index contributed by atoms with van der Waals surface area (Å²) in [6.07, 6.45) is -2.88. The van der Waals surface area contributed by atoms with E-state index in [0.717, 1.165) is 10.4 Å². The smallest absolute Gasteiger partial charge is 0.361 e. The van der Waals surface area contributed by atoms with Crippen LogP contribution in [0.5, 0.6) is 0 Å². The predicted molar refractivity (Wildman–Crippen MR) is 69.0 cm³/mol. The minimum atomic E-state index is -2.88. The summed E-state index contributed by atoms with van der Waals surface area (Å²) in [5, 5.41) is 7.12. The van der Waals surface area contributed by atoms with E-state index in [2.05, 4.69) is 15.3 Å². The van der Waals surface area contributed by atoms with Gasteiger partial charge in [0.05, 0.1) is 18.8 Å². The molecule has 0 unspecified atom stereocenters. The van der Waals surface area contributed by atoms with Gasteiger partial charge in [0.1, 0.15) is 5.69 Å². The molecule has 0 amide bonds. The Morgan fingerprint density at radius 1 is 1.43 bits per heavy atom. The molecule has 0 radical (unpaired) electrons. The Hall–Kier alpha value is -2.38. The van der Waals surface area contributed by atoms with Gasteiger partial charge in [-0.3, -0.25) is 4.98 Å². The number of hydrogen-bond donors (Lipinski definition) is 0. The van der Waals surface area contributed by atoms with Gasteiger partial charge >= 0.3 is 5.97 Å². The number of rotatable bonds is 5. The third-order valence-corrected chi connectivity index (χ3v) is 2.71. The number of esters is 1. The molecule has 0 aliphatic heterocycles. The van der Waals surface area contributed by atoms with E-state index < -0.39 is 23.8 Å². The molecule has 2 heterocycles. The highest BCUT2D eigenvalue weighted by atomic mass is 19.3. The molecule has 6 nitrogen and oxygen atoms in total. The summed E-state index contributed by atoms with van der Waals surface area (Å²) in [6, 6.07) is 5.25. The fourth-order valence-electron chi connectivity index (χ4n) is 1.84. The quantitative estimate of drug-likeness (QED) is 0.791. The molecular formula is C13H14F2N4O2. The van der Waals surface area contributed by atoms with Crippen molar-refractivity contribution in [3.63, 3.8) is 0 Å². The highest BCUT2D eigenvalue weighted by Gasteiger charge is 2.27. The van der Waals surface area contributed by atoms with Crippen LogP contribution < -0.4 is 0 Å².